The van der Waals surface area contributed by atoms with Crippen LogP contribution in [-0.4, -0.2) is 50.0 Å². The lowest BCUT2D eigenvalue weighted by Crippen LogP contribution is -3.19. The van der Waals surface area contributed by atoms with E-state index in [-0.39, 0.29) is 24.5 Å². The van der Waals surface area contributed by atoms with Gasteiger partial charge in [0.2, 0.25) is 6.79 Å². The summed E-state index contributed by atoms with van der Waals surface area (Å²) in [5.74, 6) is 1.64. The van der Waals surface area contributed by atoms with E-state index in [1.807, 2.05) is 31.2 Å². The fourth-order valence-electron chi connectivity index (χ4n) is 3.56. The van der Waals surface area contributed by atoms with Crippen LogP contribution in [0.1, 0.15) is 6.92 Å². The molecule has 2 aromatic rings. The van der Waals surface area contributed by atoms with Gasteiger partial charge in [-0.3, -0.25) is 4.79 Å². The number of benzene rings is 2. The van der Waals surface area contributed by atoms with Gasteiger partial charge in [-0.25, -0.2) is 0 Å². The smallest absolute Gasteiger partial charge is 0.282 e. The van der Waals surface area contributed by atoms with Crippen molar-refractivity contribution >= 4 is 17.3 Å². The zero-order valence-electron chi connectivity index (χ0n) is 15.3. The largest absolute Gasteiger partial charge is 0.508 e. The number of fused-ring (bicyclic) bond motifs is 1. The molecule has 0 saturated carbocycles. The third-order valence-corrected chi connectivity index (χ3v) is 5.27. The van der Waals surface area contributed by atoms with Gasteiger partial charge in [0.25, 0.3) is 5.91 Å². The Morgan fingerprint density at radius 1 is 1.11 bits per heavy atom. The molecule has 0 unspecified atom stereocenters. The van der Waals surface area contributed by atoms with Crippen LogP contribution >= 0.6 is 0 Å². The summed E-state index contributed by atoms with van der Waals surface area (Å²) in [7, 11) is 0. The van der Waals surface area contributed by atoms with E-state index in [4.69, 9.17) is 9.47 Å². The third-order valence-electron chi connectivity index (χ3n) is 5.27. The van der Waals surface area contributed by atoms with E-state index >= 15 is 0 Å². The predicted molar refractivity (Wildman–Crippen MR) is 102 cm³/mol. The molecular formula is C20H24N3O4+. The second kappa shape index (κ2) is 7.36. The Morgan fingerprint density at radius 2 is 1.81 bits per heavy atom. The second-order valence-electron chi connectivity index (χ2n) is 6.94. The lowest BCUT2D eigenvalue weighted by molar-refractivity contribution is -0.914. The van der Waals surface area contributed by atoms with Crippen LogP contribution in [0.15, 0.2) is 42.5 Å². The van der Waals surface area contributed by atoms with Crippen LogP contribution in [0.2, 0.25) is 0 Å². The minimum Gasteiger partial charge on any atom is -0.508 e. The number of aromatic hydroxyl groups is 1. The molecule has 142 valence electrons. The molecule has 0 aromatic heterocycles. The number of ether oxygens (including phenoxy) is 2. The first-order chi connectivity index (χ1) is 13.1. The number of amides is 1. The molecule has 2 heterocycles. The maximum atomic E-state index is 12.7. The summed E-state index contributed by atoms with van der Waals surface area (Å²) in [6, 6.07) is 12.6. The number of quaternary nitrogens is 1. The average molecular weight is 370 g/mol. The van der Waals surface area contributed by atoms with Crippen molar-refractivity contribution in [1.29, 1.82) is 0 Å². The number of hydrogen-bond donors (Lipinski definition) is 3. The first kappa shape index (κ1) is 17.5. The van der Waals surface area contributed by atoms with Crippen molar-refractivity contribution in [2.24, 2.45) is 0 Å². The lowest BCUT2D eigenvalue weighted by Gasteiger charge is -2.36. The first-order valence-corrected chi connectivity index (χ1v) is 9.19. The molecule has 4 rings (SSSR count). The van der Waals surface area contributed by atoms with E-state index in [1.54, 1.807) is 18.2 Å². The molecule has 1 saturated heterocycles. The Labute approximate surface area is 158 Å². The fourth-order valence-corrected chi connectivity index (χ4v) is 3.56. The highest BCUT2D eigenvalue weighted by atomic mass is 16.7. The maximum Gasteiger partial charge on any atom is 0.282 e. The molecule has 2 aromatic carbocycles. The van der Waals surface area contributed by atoms with Gasteiger partial charge in [-0.2, -0.15) is 0 Å². The summed E-state index contributed by atoms with van der Waals surface area (Å²) in [5.41, 5.74) is 1.82. The predicted octanol–water partition coefficient (Wildman–Crippen LogP) is 0.853. The Kier molecular flexibility index (Phi) is 4.77. The third kappa shape index (κ3) is 3.78. The van der Waals surface area contributed by atoms with Crippen molar-refractivity contribution < 1.29 is 24.3 Å². The van der Waals surface area contributed by atoms with Crippen LogP contribution < -0.4 is 24.6 Å². The van der Waals surface area contributed by atoms with Crippen LogP contribution in [0.25, 0.3) is 0 Å². The van der Waals surface area contributed by atoms with E-state index in [2.05, 4.69) is 10.2 Å². The summed E-state index contributed by atoms with van der Waals surface area (Å²) >= 11 is 0. The molecule has 0 spiro atoms. The minimum atomic E-state index is -0.141. The highest BCUT2D eigenvalue weighted by Gasteiger charge is 2.29. The number of phenols is 1. The van der Waals surface area contributed by atoms with Crippen LogP contribution in [0.5, 0.6) is 17.2 Å². The summed E-state index contributed by atoms with van der Waals surface area (Å²) in [6.07, 6.45) is 0. The summed E-state index contributed by atoms with van der Waals surface area (Å²) in [5, 5.41) is 12.4. The average Bonchev–Trinajstić information content (AvgIpc) is 3.16. The standard InChI is InChI=1S/C20H23N3O4/c1-14(20(25)21-15-2-7-18-19(12-15)27-13-26-18)22-8-10-23(11-9-22)16-3-5-17(24)6-4-16/h2-7,12,14,24H,8-11,13H2,1H3,(H,21,25)/p+1/t14-/m1/s1. The highest BCUT2D eigenvalue weighted by Crippen LogP contribution is 2.34. The zero-order chi connectivity index (χ0) is 18.8. The quantitative estimate of drug-likeness (QED) is 0.744. The Bertz CT molecular complexity index is 816. The number of carbonyl (C=O) groups is 1. The van der Waals surface area contributed by atoms with Crippen LogP contribution in [0.3, 0.4) is 0 Å². The van der Waals surface area contributed by atoms with Crippen molar-refractivity contribution in [2.75, 3.05) is 43.2 Å². The molecule has 1 amide bonds. The molecule has 3 N–H and O–H groups in total. The van der Waals surface area contributed by atoms with Crippen LogP contribution in [0, 0.1) is 0 Å². The van der Waals surface area contributed by atoms with E-state index in [0.29, 0.717) is 11.5 Å². The van der Waals surface area contributed by atoms with Crippen molar-refractivity contribution in [3.8, 4) is 17.2 Å². The SMILES string of the molecule is C[C@H](C(=O)Nc1ccc2c(c1)OCO2)[NH+]1CCN(c2ccc(O)cc2)CC1. The minimum absolute atomic E-state index is 0.00180. The number of anilines is 2. The maximum absolute atomic E-state index is 12.7. The van der Waals surface area contributed by atoms with Crippen molar-refractivity contribution in [3.05, 3.63) is 42.5 Å². The number of hydrogen-bond acceptors (Lipinski definition) is 5. The highest BCUT2D eigenvalue weighted by molar-refractivity contribution is 5.94. The molecule has 0 bridgehead atoms. The van der Waals surface area contributed by atoms with E-state index in [1.165, 1.54) is 4.90 Å². The fraction of sp³-hybridized carbons (Fsp3) is 0.350. The second-order valence-corrected chi connectivity index (χ2v) is 6.94. The van der Waals surface area contributed by atoms with Gasteiger partial charge in [0.05, 0.1) is 26.2 Å². The van der Waals surface area contributed by atoms with Gasteiger partial charge in [0.1, 0.15) is 5.75 Å². The van der Waals surface area contributed by atoms with Gasteiger partial charge in [0.15, 0.2) is 17.5 Å². The van der Waals surface area contributed by atoms with Crippen molar-refractivity contribution in [1.82, 2.24) is 0 Å². The molecular weight excluding hydrogens is 346 g/mol. The lowest BCUT2D eigenvalue weighted by atomic mass is 10.2. The summed E-state index contributed by atoms with van der Waals surface area (Å²) in [6.45, 7) is 5.71. The van der Waals surface area contributed by atoms with E-state index in [0.717, 1.165) is 37.6 Å². The Balaban J connectivity index is 1.32. The number of carbonyl (C=O) groups excluding carboxylic acids is 1. The Morgan fingerprint density at radius 3 is 2.56 bits per heavy atom. The summed E-state index contributed by atoms with van der Waals surface area (Å²) < 4.78 is 10.7. The molecule has 7 heteroatoms. The molecule has 2 aliphatic heterocycles. The summed E-state index contributed by atoms with van der Waals surface area (Å²) in [4.78, 5) is 16.2. The molecule has 7 nitrogen and oxygen atoms in total. The monoisotopic (exact) mass is 370 g/mol. The van der Waals surface area contributed by atoms with Crippen molar-refractivity contribution in [3.63, 3.8) is 0 Å². The molecule has 27 heavy (non-hydrogen) atoms. The van der Waals surface area contributed by atoms with Crippen molar-refractivity contribution in [2.45, 2.75) is 13.0 Å². The number of piperazine rings is 1. The van der Waals surface area contributed by atoms with Crippen LogP contribution in [0.4, 0.5) is 11.4 Å². The van der Waals surface area contributed by atoms with Gasteiger partial charge in [-0.05, 0) is 43.3 Å². The molecule has 1 fully saturated rings. The van der Waals surface area contributed by atoms with Gasteiger partial charge in [-0.1, -0.05) is 0 Å². The van der Waals surface area contributed by atoms with Crippen LogP contribution in [-0.2, 0) is 4.79 Å². The van der Waals surface area contributed by atoms with Gasteiger partial charge in [-0.15, -0.1) is 0 Å². The van der Waals surface area contributed by atoms with Gasteiger partial charge < -0.3 is 29.7 Å². The topological polar surface area (TPSA) is 75.5 Å². The van der Waals surface area contributed by atoms with E-state index < -0.39 is 0 Å². The van der Waals surface area contributed by atoms with E-state index in [9.17, 15) is 9.90 Å². The molecule has 0 aliphatic carbocycles. The van der Waals surface area contributed by atoms with Gasteiger partial charge in [0, 0.05) is 17.4 Å². The molecule has 2 aliphatic rings. The number of nitrogens with one attached hydrogen (secondary N) is 2. The first-order valence-electron chi connectivity index (χ1n) is 9.19. The number of rotatable bonds is 4. The molecule has 0 radical (unpaired) electrons. The number of nitrogens with zero attached hydrogens (tertiary/aromatic N) is 1. The Hall–Kier alpha value is -2.93. The van der Waals surface area contributed by atoms with Gasteiger partial charge >= 0.3 is 0 Å². The number of phenolic OH excluding ortho intramolecular Hbond substituents is 1. The normalized spacial score (nSPS) is 17.6. The molecule has 1 atom stereocenters. The zero-order valence-corrected chi connectivity index (χ0v) is 15.3.